The number of halogens is 4. The van der Waals surface area contributed by atoms with Gasteiger partial charge in [0.05, 0.1) is 5.41 Å². The average molecular weight is 683 g/mol. The van der Waals surface area contributed by atoms with Crippen LogP contribution in [-0.4, -0.2) is 31.6 Å². The number of carbonyl (C=O) groups is 1. The van der Waals surface area contributed by atoms with E-state index in [9.17, 15) is 31.5 Å². The first-order valence-electron chi connectivity index (χ1n) is 13.2. The molecule has 0 aliphatic heterocycles. The maximum atomic E-state index is 14.5. The molecule has 7 nitrogen and oxygen atoms in total. The Morgan fingerprint density at radius 1 is 0.622 bits per heavy atom. The van der Waals surface area contributed by atoms with Crippen LogP contribution in [0, 0.1) is 0 Å². The highest BCUT2D eigenvalue weighted by molar-refractivity contribution is 7.98. The molecule has 0 aliphatic rings. The minimum Gasteiger partial charge on any atom is -0.320 e. The fourth-order valence-corrected chi connectivity index (χ4v) is 6.39. The van der Waals surface area contributed by atoms with Crippen LogP contribution in [0.25, 0.3) is 0 Å². The first kappa shape index (κ1) is 34.8. The fraction of sp³-hybridized carbons (Fsp3) is 0.194. The molecule has 4 aromatic rings. The summed E-state index contributed by atoms with van der Waals surface area (Å²) in [6, 6.07) is 23.8. The van der Waals surface area contributed by atoms with Crippen LogP contribution in [0.3, 0.4) is 0 Å². The predicted molar refractivity (Wildman–Crippen MR) is 163 cm³/mol. The third-order valence-corrected chi connectivity index (χ3v) is 10.2. The lowest BCUT2D eigenvalue weighted by molar-refractivity contribution is 0.0564. The zero-order chi connectivity index (χ0) is 33.3. The maximum Gasteiger partial charge on any atom is 0.399 e. The van der Waals surface area contributed by atoms with Crippen molar-refractivity contribution in [3.8, 4) is 0 Å². The Labute approximate surface area is 260 Å². The number of benzene rings is 4. The standard InChI is InChI=1S/C31H28F4O7P2S/c1-45-27-17-11-23(12-18-27)28(36)29(24-5-3-2-4-6-24,19-21-7-13-25(14-8-21)30(32,33)43(37,38)39)20-22-9-15-26(16-10-22)31(34,35)44(40,41)42/h2-18H,19-20H2,1H3,(H2,37,38,39)(H2,40,41,42). The minimum atomic E-state index is -5.82. The summed E-state index contributed by atoms with van der Waals surface area (Å²) in [6.07, 6.45) is 1.68. The highest BCUT2D eigenvalue weighted by Crippen LogP contribution is 2.60. The second-order valence-corrected chi connectivity index (χ2v) is 14.6. The normalized spacial score (nSPS) is 13.1. The summed E-state index contributed by atoms with van der Waals surface area (Å²) < 4.78 is 80.3. The van der Waals surface area contributed by atoms with Crippen molar-refractivity contribution in [3.05, 3.63) is 137 Å². The quantitative estimate of drug-likeness (QED) is 0.0524. The molecule has 238 valence electrons. The Bertz CT molecular complexity index is 1660. The number of alkyl halides is 4. The van der Waals surface area contributed by atoms with E-state index in [0.29, 0.717) is 22.3 Å². The van der Waals surface area contributed by atoms with Gasteiger partial charge in [0, 0.05) is 21.6 Å². The third kappa shape index (κ3) is 7.18. The number of carbonyl (C=O) groups excluding carboxylic acids is 1. The fourth-order valence-electron chi connectivity index (χ4n) is 5.01. The largest absolute Gasteiger partial charge is 0.399 e. The third-order valence-electron chi connectivity index (χ3n) is 7.46. The summed E-state index contributed by atoms with van der Waals surface area (Å²) in [5, 5.41) is 0. The van der Waals surface area contributed by atoms with Gasteiger partial charge in [0.2, 0.25) is 0 Å². The van der Waals surface area contributed by atoms with Gasteiger partial charge in [-0.2, -0.15) is 17.6 Å². The molecule has 0 bridgehead atoms. The van der Waals surface area contributed by atoms with Gasteiger partial charge in [0.25, 0.3) is 0 Å². The van der Waals surface area contributed by atoms with Crippen LogP contribution in [0.2, 0.25) is 0 Å². The molecule has 0 saturated carbocycles. The van der Waals surface area contributed by atoms with Crippen molar-refractivity contribution in [1.29, 1.82) is 0 Å². The summed E-state index contributed by atoms with van der Waals surface area (Å²) in [7, 11) is -11.6. The lowest BCUT2D eigenvalue weighted by atomic mass is 9.67. The van der Waals surface area contributed by atoms with E-state index in [4.69, 9.17) is 19.6 Å². The molecule has 0 spiro atoms. The highest BCUT2D eigenvalue weighted by atomic mass is 32.2. The molecular weight excluding hydrogens is 654 g/mol. The van der Waals surface area contributed by atoms with Gasteiger partial charge in [0.15, 0.2) is 5.78 Å². The summed E-state index contributed by atoms with van der Waals surface area (Å²) in [4.78, 5) is 52.0. The summed E-state index contributed by atoms with van der Waals surface area (Å²) >= 11 is 1.46. The van der Waals surface area contributed by atoms with Crippen LogP contribution in [-0.2, 0) is 38.7 Å². The molecule has 0 atom stereocenters. The van der Waals surface area contributed by atoms with Crippen LogP contribution in [0.5, 0.6) is 0 Å². The van der Waals surface area contributed by atoms with Gasteiger partial charge in [-0.1, -0.05) is 91.0 Å². The number of rotatable bonds is 12. The zero-order valence-electron chi connectivity index (χ0n) is 23.6. The van der Waals surface area contributed by atoms with Crippen molar-refractivity contribution >= 4 is 32.7 Å². The number of hydrogen-bond donors (Lipinski definition) is 4. The second-order valence-electron chi connectivity index (χ2n) is 10.4. The molecule has 0 heterocycles. The van der Waals surface area contributed by atoms with Crippen LogP contribution in [0.1, 0.15) is 38.2 Å². The SMILES string of the molecule is CSc1ccc(C(=O)C(Cc2ccc(C(F)(F)P(=O)(O)O)cc2)(Cc2ccc(C(F)(F)P(=O)(O)O)cc2)c2ccccc2)cc1. The molecule has 14 heteroatoms. The van der Waals surface area contributed by atoms with E-state index in [2.05, 4.69) is 0 Å². The van der Waals surface area contributed by atoms with E-state index >= 15 is 0 Å². The van der Waals surface area contributed by atoms with E-state index < -0.39 is 43.1 Å². The summed E-state index contributed by atoms with van der Waals surface area (Å²) in [5.74, 6) is -0.379. The Hall–Kier alpha value is -3.08. The topological polar surface area (TPSA) is 132 Å². The van der Waals surface area contributed by atoms with E-state index in [1.807, 2.05) is 6.26 Å². The highest BCUT2D eigenvalue weighted by Gasteiger charge is 2.51. The molecule has 4 aromatic carbocycles. The average Bonchev–Trinajstić information content (AvgIpc) is 3.00. The van der Waals surface area contributed by atoms with Gasteiger partial charge < -0.3 is 19.6 Å². The molecule has 0 fully saturated rings. The van der Waals surface area contributed by atoms with E-state index in [-0.39, 0.29) is 18.6 Å². The van der Waals surface area contributed by atoms with Crippen LogP contribution < -0.4 is 0 Å². The summed E-state index contributed by atoms with van der Waals surface area (Å²) in [6.45, 7) is 0. The molecule has 4 N–H and O–H groups in total. The molecule has 0 amide bonds. The van der Waals surface area contributed by atoms with Crippen molar-refractivity contribution in [3.63, 3.8) is 0 Å². The van der Waals surface area contributed by atoms with E-state index in [0.717, 1.165) is 29.2 Å². The predicted octanol–water partition coefficient (Wildman–Crippen LogP) is 7.47. The number of hydrogen-bond acceptors (Lipinski definition) is 4. The molecular formula is C31H28F4O7P2S. The minimum absolute atomic E-state index is 0.0950. The van der Waals surface area contributed by atoms with Gasteiger partial charge in [-0.25, -0.2) is 0 Å². The maximum absolute atomic E-state index is 14.5. The number of Topliss-reactive ketones (excluding diaryl/α,β-unsaturated/α-hetero) is 1. The van der Waals surface area contributed by atoms with E-state index in [1.165, 1.54) is 36.0 Å². The lowest BCUT2D eigenvalue weighted by Gasteiger charge is -2.34. The molecule has 0 saturated heterocycles. The van der Waals surface area contributed by atoms with Gasteiger partial charge in [-0.05, 0) is 47.9 Å². The zero-order valence-corrected chi connectivity index (χ0v) is 26.2. The van der Waals surface area contributed by atoms with E-state index in [1.54, 1.807) is 54.6 Å². The van der Waals surface area contributed by atoms with Crippen LogP contribution in [0.4, 0.5) is 17.6 Å². The van der Waals surface area contributed by atoms with Gasteiger partial charge in [0.1, 0.15) is 0 Å². The molecule has 0 unspecified atom stereocenters. The Morgan fingerprint density at radius 2 is 1.02 bits per heavy atom. The van der Waals surface area contributed by atoms with Crippen molar-refractivity contribution in [2.45, 2.75) is 34.5 Å². The molecule has 0 radical (unpaired) electrons. The first-order chi connectivity index (χ1) is 20.9. The van der Waals surface area contributed by atoms with Crippen LogP contribution in [0.15, 0.2) is 108 Å². The van der Waals surface area contributed by atoms with Crippen LogP contribution >= 0.6 is 27.0 Å². The van der Waals surface area contributed by atoms with Crippen molar-refractivity contribution in [2.75, 3.05) is 6.26 Å². The van der Waals surface area contributed by atoms with Crippen molar-refractivity contribution in [2.24, 2.45) is 0 Å². The molecule has 45 heavy (non-hydrogen) atoms. The number of ketones is 1. The first-order valence-corrected chi connectivity index (χ1v) is 17.7. The number of thioether (sulfide) groups is 1. The Balaban J connectivity index is 1.86. The van der Waals surface area contributed by atoms with Crippen molar-refractivity contribution in [1.82, 2.24) is 0 Å². The summed E-state index contributed by atoms with van der Waals surface area (Å²) in [5.41, 5.74) is -10.6. The second kappa shape index (κ2) is 13.0. The monoisotopic (exact) mass is 682 g/mol. The van der Waals surface area contributed by atoms with Crippen molar-refractivity contribution < 1.29 is 51.1 Å². The Kier molecular flexibility index (Phi) is 10.0. The lowest BCUT2D eigenvalue weighted by Crippen LogP contribution is -2.40. The molecule has 0 aromatic heterocycles. The van der Waals surface area contributed by atoms with Gasteiger partial charge >= 0.3 is 26.5 Å². The molecule has 4 rings (SSSR count). The van der Waals surface area contributed by atoms with Gasteiger partial charge in [-0.3, -0.25) is 13.9 Å². The Morgan fingerprint density at radius 3 is 1.38 bits per heavy atom. The van der Waals surface area contributed by atoms with Gasteiger partial charge in [-0.15, -0.1) is 11.8 Å². The molecule has 0 aliphatic carbocycles. The smallest absolute Gasteiger partial charge is 0.320 e.